The highest BCUT2D eigenvalue weighted by molar-refractivity contribution is 6.01. The van der Waals surface area contributed by atoms with Crippen molar-refractivity contribution in [3.05, 3.63) is 101 Å². The summed E-state index contributed by atoms with van der Waals surface area (Å²) in [6.45, 7) is 7.10. The summed E-state index contributed by atoms with van der Waals surface area (Å²) in [6, 6.07) is 21.8. The van der Waals surface area contributed by atoms with E-state index in [4.69, 9.17) is 4.74 Å². The predicted octanol–water partition coefficient (Wildman–Crippen LogP) is 6.72. The van der Waals surface area contributed by atoms with E-state index >= 15 is 0 Å². The van der Waals surface area contributed by atoms with E-state index in [1.54, 1.807) is 30.0 Å². The summed E-state index contributed by atoms with van der Waals surface area (Å²) in [5.74, 6) is -2.00. The van der Waals surface area contributed by atoms with Crippen LogP contribution in [0.25, 0.3) is 0 Å². The number of benzene rings is 3. The molecule has 3 aromatic carbocycles. The quantitative estimate of drug-likeness (QED) is 0.277. The number of anilines is 1. The summed E-state index contributed by atoms with van der Waals surface area (Å²) in [5, 5.41) is 14.0. The van der Waals surface area contributed by atoms with E-state index in [-0.39, 0.29) is 23.9 Å². The molecule has 42 heavy (non-hydrogen) atoms. The van der Waals surface area contributed by atoms with Crippen molar-refractivity contribution < 1.29 is 28.6 Å². The minimum absolute atomic E-state index is 0.0210. The molecule has 0 spiro atoms. The summed E-state index contributed by atoms with van der Waals surface area (Å²) in [5.41, 5.74) is 1.59. The largest absolute Gasteiger partial charge is 0.444 e. The topological polar surface area (TPSA) is 95.9 Å². The first-order valence-electron chi connectivity index (χ1n) is 14.3. The molecule has 1 heterocycles. The molecule has 0 aliphatic carbocycles. The molecule has 1 aliphatic heterocycles. The maximum absolute atomic E-state index is 13.9. The second-order valence-corrected chi connectivity index (χ2v) is 11.9. The van der Waals surface area contributed by atoms with Crippen molar-refractivity contribution in [1.29, 1.82) is 0 Å². The van der Waals surface area contributed by atoms with Crippen LogP contribution >= 0.6 is 0 Å². The standard InChI is InChI=1S/C34H39FN2O5/c1-22(20-30(38)27-12-8-9-13-28(27)35)32(40)36-25-16-14-23(15-17-25)21-26-18-19-29(31(39)24-10-6-5-7-11-24)37(26)33(41)42-34(2,3)4/h5-17,22,26,29,31,39H,18-21H2,1-4H3,(H,36,40)/t22-,26+,29-,31-/m1/s1. The number of halogens is 1. The van der Waals surface area contributed by atoms with Crippen LogP contribution in [0.15, 0.2) is 78.9 Å². The summed E-state index contributed by atoms with van der Waals surface area (Å²) >= 11 is 0. The number of ether oxygens (including phenoxy) is 1. The number of aliphatic hydroxyl groups is 1. The van der Waals surface area contributed by atoms with Gasteiger partial charge in [0.15, 0.2) is 5.78 Å². The van der Waals surface area contributed by atoms with Crippen molar-refractivity contribution in [3.8, 4) is 0 Å². The third-order valence-electron chi connectivity index (χ3n) is 7.46. The SMILES string of the molecule is C[C@H](CC(=O)c1ccccc1F)C(=O)Nc1ccc(C[C@@H]2CC[C@H]([C@H](O)c3ccccc3)N2C(=O)OC(C)(C)C)cc1. The first-order chi connectivity index (χ1) is 19.9. The number of aliphatic hydroxyl groups excluding tert-OH is 1. The lowest BCUT2D eigenvalue weighted by atomic mass is 9.98. The number of likely N-dealkylation sites (tertiary alicyclic amines) is 1. The lowest BCUT2D eigenvalue weighted by Crippen LogP contribution is -2.47. The van der Waals surface area contributed by atoms with Crippen LogP contribution in [-0.4, -0.2) is 45.5 Å². The van der Waals surface area contributed by atoms with Crippen LogP contribution in [0.3, 0.4) is 0 Å². The van der Waals surface area contributed by atoms with E-state index in [1.165, 1.54) is 18.2 Å². The molecule has 1 saturated heterocycles. The third kappa shape index (κ3) is 7.82. The summed E-state index contributed by atoms with van der Waals surface area (Å²) in [7, 11) is 0. The number of nitrogens with zero attached hydrogens (tertiary/aromatic N) is 1. The maximum atomic E-state index is 13.9. The maximum Gasteiger partial charge on any atom is 0.410 e. The second-order valence-electron chi connectivity index (χ2n) is 11.9. The number of amides is 2. The Morgan fingerprint density at radius 3 is 2.26 bits per heavy atom. The van der Waals surface area contributed by atoms with Crippen molar-refractivity contribution in [2.75, 3.05) is 5.32 Å². The molecular formula is C34H39FN2O5. The van der Waals surface area contributed by atoms with Gasteiger partial charge in [-0.25, -0.2) is 9.18 Å². The van der Waals surface area contributed by atoms with Gasteiger partial charge in [0.2, 0.25) is 5.91 Å². The minimum atomic E-state index is -0.839. The lowest BCUT2D eigenvalue weighted by Gasteiger charge is -2.35. The smallest absolute Gasteiger partial charge is 0.410 e. The first kappa shape index (κ1) is 30.9. The van der Waals surface area contributed by atoms with Gasteiger partial charge in [0.05, 0.1) is 17.7 Å². The van der Waals surface area contributed by atoms with Crippen molar-refractivity contribution in [2.45, 2.75) is 77.2 Å². The average Bonchev–Trinajstić information content (AvgIpc) is 3.37. The summed E-state index contributed by atoms with van der Waals surface area (Å²) in [6.07, 6.45) is 0.501. The van der Waals surface area contributed by atoms with E-state index in [2.05, 4.69) is 5.32 Å². The Morgan fingerprint density at radius 2 is 1.62 bits per heavy atom. The van der Waals surface area contributed by atoms with Gasteiger partial charge in [-0.15, -0.1) is 0 Å². The monoisotopic (exact) mass is 574 g/mol. The summed E-state index contributed by atoms with van der Waals surface area (Å²) in [4.78, 5) is 40.2. The van der Waals surface area contributed by atoms with Gasteiger partial charge in [-0.3, -0.25) is 14.5 Å². The molecule has 1 aliphatic rings. The molecule has 0 aromatic heterocycles. The number of ketones is 1. The molecule has 0 bridgehead atoms. The number of nitrogens with one attached hydrogen (secondary N) is 1. The molecule has 4 atom stereocenters. The molecule has 0 radical (unpaired) electrons. The van der Waals surface area contributed by atoms with Crippen LogP contribution < -0.4 is 5.32 Å². The lowest BCUT2D eigenvalue weighted by molar-refractivity contribution is -0.119. The van der Waals surface area contributed by atoms with Gasteiger partial charge in [0.1, 0.15) is 11.4 Å². The normalized spacial score (nSPS) is 18.3. The minimum Gasteiger partial charge on any atom is -0.444 e. The number of hydrogen-bond acceptors (Lipinski definition) is 5. The Labute approximate surface area is 246 Å². The van der Waals surface area contributed by atoms with Crippen LogP contribution in [0.5, 0.6) is 0 Å². The zero-order valence-electron chi connectivity index (χ0n) is 24.5. The highest BCUT2D eigenvalue weighted by Gasteiger charge is 2.42. The van der Waals surface area contributed by atoms with Crippen molar-refractivity contribution in [2.24, 2.45) is 5.92 Å². The van der Waals surface area contributed by atoms with Crippen molar-refractivity contribution in [1.82, 2.24) is 4.90 Å². The Kier molecular flexibility index (Phi) is 9.78. The van der Waals surface area contributed by atoms with Gasteiger partial charge in [-0.1, -0.05) is 61.5 Å². The highest BCUT2D eigenvalue weighted by atomic mass is 19.1. The molecule has 222 valence electrons. The van der Waals surface area contributed by atoms with Gasteiger partial charge < -0.3 is 15.2 Å². The van der Waals surface area contributed by atoms with Crippen LogP contribution in [0.1, 0.15) is 74.5 Å². The molecule has 4 rings (SSSR count). The molecule has 1 fully saturated rings. The van der Waals surface area contributed by atoms with E-state index in [0.29, 0.717) is 24.9 Å². The van der Waals surface area contributed by atoms with E-state index < -0.39 is 41.4 Å². The molecule has 3 aromatic rings. The molecule has 0 saturated carbocycles. The Hall–Kier alpha value is -4.04. The first-order valence-corrected chi connectivity index (χ1v) is 14.3. The molecule has 8 heteroatoms. The van der Waals surface area contributed by atoms with Crippen molar-refractivity contribution in [3.63, 3.8) is 0 Å². The van der Waals surface area contributed by atoms with Gasteiger partial charge in [-0.2, -0.15) is 0 Å². The number of Topliss-reactive ketones (excluding diaryl/α,β-unsaturated/α-hetero) is 1. The second kappa shape index (κ2) is 13.3. The Balaban J connectivity index is 1.41. The average molecular weight is 575 g/mol. The fourth-order valence-electron chi connectivity index (χ4n) is 5.32. The number of hydrogen-bond donors (Lipinski definition) is 2. The van der Waals surface area contributed by atoms with Crippen LogP contribution in [0.2, 0.25) is 0 Å². The van der Waals surface area contributed by atoms with E-state index in [9.17, 15) is 23.9 Å². The Morgan fingerprint density at radius 1 is 0.976 bits per heavy atom. The van der Waals surface area contributed by atoms with E-state index in [1.807, 2.05) is 63.2 Å². The van der Waals surface area contributed by atoms with Gasteiger partial charge in [0.25, 0.3) is 0 Å². The van der Waals surface area contributed by atoms with E-state index in [0.717, 1.165) is 11.1 Å². The number of carbonyl (C=O) groups is 3. The van der Waals surface area contributed by atoms with Crippen LogP contribution in [-0.2, 0) is 16.0 Å². The molecule has 2 N–H and O–H groups in total. The van der Waals surface area contributed by atoms with Crippen LogP contribution in [0, 0.1) is 11.7 Å². The predicted molar refractivity (Wildman–Crippen MR) is 160 cm³/mol. The zero-order chi connectivity index (χ0) is 30.4. The molecule has 7 nitrogen and oxygen atoms in total. The molecule has 0 unspecified atom stereocenters. The number of carbonyl (C=O) groups excluding carboxylic acids is 3. The highest BCUT2D eigenvalue weighted by Crippen LogP contribution is 2.36. The summed E-state index contributed by atoms with van der Waals surface area (Å²) < 4.78 is 19.7. The molecule has 2 amide bonds. The van der Waals surface area contributed by atoms with Gasteiger partial charge in [0, 0.05) is 24.1 Å². The Bertz CT molecular complexity index is 1390. The van der Waals surface area contributed by atoms with Crippen molar-refractivity contribution >= 4 is 23.5 Å². The third-order valence-corrected chi connectivity index (χ3v) is 7.46. The fourth-order valence-corrected chi connectivity index (χ4v) is 5.32. The fraction of sp³-hybridized carbons (Fsp3) is 0.382. The van der Waals surface area contributed by atoms with Crippen LogP contribution in [0.4, 0.5) is 14.9 Å². The zero-order valence-corrected chi connectivity index (χ0v) is 24.5. The molecular weight excluding hydrogens is 535 g/mol. The van der Waals surface area contributed by atoms with Gasteiger partial charge in [-0.05, 0) is 75.4 Å². The van der Waals surface area contributed by atoms with Gasteiger partial charge >= 0.3 is 6.09 Å². The number of rotatable bonds is 9.